The van der Waals surface area contributed by atoms with E-state index >= 15 is 0 Å². The molecule has 0 spiro atoms. The molecule has 1 fully saturated rings. The smallest absolute Gasteiger partial charge is 0.133 e. The molecule has 1 heteroatoms. The van der Waals surface area contributed by atoms with Crippen LogP contribution in [-0.4, -0.2) is 24.1 Å². The lowest BCUT2D eigenvalue weighted by Crippen LogP contribution is -2.53. The number of unbranched alkanes of at least 4 members (excludes halogenated alkanes) is 9. The molecule has 0 amide bonds. The molecule has 0 saturated carbocycles. The SMILES string of the molecule is C=CC(c1ccccc1)[N+]1(CCCCCCCCCCCC)CCCCC1. The predicted molar refractivity (Wildman–Crippen MR) is 120 cm³/mol. The molecule has 1 saturated heterocycles. The highest BCUT2D eigenvalue weighted by atomic mass is 15.4. The van der Waals surface area contributed by atoms with E-state index in [9.17, 15) is 0 Å². The first kappa shape index (κ1) is 22.2. The zero-order chi connectivity index (χ0) is 19.2. The highest BCUT2D eigenvalue weighted by Gasteiger charge is 2.36. The second-order valence-electron chi connectivity index (χ2n) is 8.72. The number of nitrogens with zero attached hydrogens (tertiary/aromatic N) is 1. The van der Waals surface area contributed by atoms with Crippen LogP contribution in [0.4, 0.5) is 0 Å². The Labute approximate surface area is 169 Å². The van der Waals surface area contributed by atoms with Gasteiger partial charge in [-0.3, -0.25) is 0 Å². The van der Waals surface area contributed by atoms with Crippen LogP contribution in [-0.2, 0) is 0 Å². The summed E-state index contributed by atoms with van der Waals surface area (Å²) in [6.45, 7) is 10.5. The Morgan fingerprint density at radius 2 is 1.37 bits per heavy atom. The van der Waals surface area contributed by atoms with Crippen LogP contribution in [0.2, 0.25) is 0 Å². The summed E-state index contributed by atoms with van der Waals surface area (Å²) in [7, 11) is 0. The fourth-order valence-corrected chi connectivity index (χ4v) is 5.02. The number of benzene rings is 1. The Morgan fingerprint density at radius 1 is 0.815 bits per heavy atom. The van der Waals surface area contributed by atoms with Crippen molar-refractivity contribution in [1.29, 1.82) is 0 Å². The fourth-order valence-electron chi connectivity index (χ4n) is 5.02. The van der Waals surface area contributed by atoms with Crippen LogP contribution in [0.5, 0.6) is 0 Å². The van der Waals surface area contributed by atoms with Crippen molar-refractivity contribution >= 4 is 0 Å². The average Bonchev–Trinajstić information content (AvgIpc) is 2.71. The van der Waals surface area contributed by atoms with Crippen molar-refractivity contribution in [2.75, 3.05) is 19.6 Å². The van der Waals surface area contributed by atoms with E-state index < -0.39 is 0 Å². The Bertz CT molecular complexity index is 486. The maximum absolute atomic E-state index is 4.24. The second-order valence-corrected chi connectivity index (χ2v) is 8.72. The van der Waals surface area contributed by atoms with Crippen molar-refractivity contribution in [2.45, 2.75) is 96.4 Å². The molecule has 0 bridgehead atoms. The summed E-state index contributed by atoms with van der Waals surface area (Å²) in [5.74, 6) is 0. The highest BCUT2D eigenvalue weighted by Crippen LogP contribution is 2.34. The summed E-state index contributed by atoms with van der Waals surface area (Å²) in [4.78, 5) is 0. The lowest BCUT2D eigenvalue weighted by atomic mass is 9.96. The minimum atomic E-state index is 0.477. The van der Waals surface area contributed by atoms with Crippen molar-refractivity contribution in [1.82, 2.24) is 0 Å². The Morgan fingerprint density at radius 3 is 1.93 bits per heavy atom. The molecule has 1 aromatic rings. The minimum absolute atomic E-state index is 0.477. The van der Waals surface area contributed by atoms with Gasteiger partial charge in [0.15, 0.2) is 0 Å². The van der Waals surface area contributed by atoms with Crippen LogP contribution in [0.3, 0.4) is 0 Å². The second kappa shape index (κ2) is 13.2. The molecule has 1 aromatic carbocycles. The Balaban J connectivity index is 1.76. The van der Waals surface area contributed by atoms with Gasteiger partial charge in [-0.25, -0.2) is 0 Å². The van der Waals surface area contributed by atoms with Crippen LogP contribution in [0.15, 0.2) is 43.0 Å². The molecule has 0 aromatic heterocycles. The first-order chi connectivity index (χ1) is 13.3. The number of rotatable bonds is 14. The van der Waals surface area contributed by atoms with Gasteiger partial charge in [-0.15, -0.1) is 0 Å². The highest BCUT2D eigenvalue weighted by molar-refractivity contribution is 5.20. The summed E-state index contributed by atoms with van der Waals surface area (Å²) >= 11 is 0. The molecule has 0 aliphatic carbocycles. The van der Waals surface area contributed by atoms with Crippen LogP contribution < -0.4 is 0 Å². The molecule has 1 atom stereocenters. The maximum atomic E-state index is 4.24. The molecule has 27 heavy (non-hydrogen) atoms. The number of piperidine rings is 1. The summed E-state index contributed by atoms with van der Waals surface area (Å²) in [5, 5.41) is 0. The zero-order valence-corrected chi connectivity index (χ0v) is 18.0. The average molecular weight is 371 g/mol. The molecular formula is C26H44N+. The molecule has 152 valence electrons. The van der Waals surface area contributed by atoms with Gasteiger partial charge in [-0.2, -0.15) is 0 Å². The molecule has 1 nitrogen and oxygen atoms in total. The van der Waals surface area contributed by atoms with E-state index in [0.29, 0.717) is 6.04 Å². The number of quaternary nitrogens is 1. The number of hydrogen-bond acceptors (Lipinski definition) is 0. The molecule has 1 aliphatic rings. The van der Waals surface area contributed by atoms with Crippen molar-refractivity contribution in [2.24, 2.45) is 0 Å². The molecule has 0 N–H and O–H groups in total. The van der Waals surface area contributed by atoms with Gasteiger partial charge in [0, 0.05) is 5.56 Å². The molecule has 2 rings (SSSR count). The van der Waals surface area contributed by atoms with Crippen molar-refractivity contribution in [3.05, 3.63) is 48.6 Å². The molecular weight excluding hydrogens is 326 g/mol. The van der Waals surface area contributed by atoms with Gasteiger partial charge in [-0.1, -0.05) is 95.2 Å². The minimum Gasteiger partial charge on any atom is -0.314 e. The third-order valence-corrected chi connectivity index (χ3v) is 6.62. The topological polar surface area (TPSA) is 0 Å². The van der Waals surface area contributed by atoms with E-state index in [2.05, 4.69) is 49.9 Å². The molecule has 1 heterocycles. The van der Waals surface area contributed by atoms with Gasteiger partial charge >= 0.3 is 0 Å². The van der Waals surface area contributed by atoms with E-state index in [0.717, 1.165) is 0 Å². The standard InChI is InChI=1S/C26H44N/c1-3-5-6-7-8-9-10-11-12-17-22-27(23-18-14-19-24-27)26(4-2)25-20-15-13-16-21-25/h4,13,15-16,20-21,26H,2-3,5-12,14,17-19,22-24H2,1H3/q+1. The Kier molecular flexibility index (Phi) is 10.8. The van der Waals surface area contributed by atoms with Crippen LogP contribution in [0, 0.1) is 0 Å². The van der Waals surface area contributed by atoms with Gasteiger partial charge in [0.05, 0.1) is 19.6 Å². The van der Waals surface area contributed by atoms with E-state index in [4.69, 9.17) is 0 Å². The maximum Gasteiger partial charge on any atom is 0.133 e. The first-order valence-electron chi connectivity index (χ1n) is 11.9. The van der Waals surface area contributed by atoms with Gasteiger partial charge in [-0.05, 0) is 38.2 Å². The summed E-state index contributed by atoms with van der Waals surface area (Å²) in [6.07, 6.45) is 20.6. The third-order valence-electron chi connectivity index (χ3n) is 6.62. The van der Waals surface area contributed by atoms with E-state index in [1.54, 1.807) is 0 Å². The molecule has 0 radical (unpaired) electrons. The lowest BCUT2D eigenvalue weighted by molar-refractivity contribution is -0.955. The van der Waals surface area contributed by atoms with Gasteiger partial charge in [0.1, 0.15) is 6.04 Å². The summed E-state index contributed by atoms with van der Waals surface area (Å²) in [5.41, 5.74) is 1.46. The fraction of sp³-hybridized carbons (Fsp3) is 0.692. The van der Waals surface area contributed by atoms with Gasteiger partial charge in [0.2, 0.25) is 0 Å². The third kappa shape index (κ3) is 7.45. The van der Waals surface area contributed by atoms with Crippen LogP contribution in [0.1, 0.15) is 102 Å². The van der Waals surface area contributed by atoms with E-state index in [-0.39, 0.29) is 0 Å². The quantitative estimate of drug-likeness (QED) is 0.178. The van der Waals surface area contributed by atoms with Gasteiger partial charge in [0.25, 0.3) is 0 Å². The number of hydrogen-bond donors (Lipinski definition) is 0. The zero-order valence-electron chi connectivity index (χ0n) is 18.0. The molecule has 1 unspecified atom stereocenters. The number of likely N-dealkylation sites (tertiary alicyclic amines) is 1. The normalized spacial score (nSPS) is 17.5. The van der Waals surface area contributed by atoms with Crippen LogP contribution in [0.25, 0.3) is 0 Å². The summed E-state index contributed by atoms with van der Waals surface area (Å²) in [6, 6.07) is 11.6. The predicted octanol–water partition coefficient (Wildman–Crippen LogP) is 7.84. The van der Waals surface area contributed by atoms with Crippen molar-refractivity contribution in [3.63, 3.8) is 0 Å². The largest absolute Gasteiger partial charge is 0.314 e. The first-order valence-corrected chi connectivity index (χ1v) is 11.9. The molecule has 1 aliphatic heterocycles. The Hall–Kier alpha value is -1.08. The van der Waals surface area contributed by atoms with E-state index in [1.807, 2.05) is 0 Å². The monoisotopic (exact) mass is 370 g/mol. The van der Waals surface area contributed by atoms with E-state index in [1.165, 1.54) is 113 Å². The van der Waals surface area contributed by atoms with Gasteiger partial charge < -0.3 is 4.48 Å². The van der Waals surface area contributed by atoms with Crippen molar-refractivity contribution in [3.8, 4) is 0 Å². The summed E-state index contributed by atoms with van der Waals surface area (Å²) < 4.78 is 1.25. The van der Waals surface area contributed by atoms with Crippen molar-refractivity contribution < 1.29 is 4.48 Å². The van der Waals surface area contributed by atoms with Crippen LogP contribution >= 0.6 is 0 Å². The lowest BCUT2D eigenvalue weighted by Gasteiger charge is -2.46.